The van der Waals surface area contributed by atoms with Crippen LogP contribution in [0.1, 0.15) is 13.3 Å². The molecule has 5 atom stereocenters. The number of carboxylic acids is 1. The summed E-state index contributed by atoms with van der Waals surface area (Å²) in [6.07, 6.45) is -1.65. The topological polar surface area (TPSA) is 96.2 Å². The van der Waals surface area contributed by atoms with Crippen molar-refractivity contribution in [2.75, 3.05) is 20.3 Å². The Hall–Kier alpha value is -0.690. The van der Waals surface area contributed by atoms with Crippen LogP contribution in [0.3, 0.4) is 0 Å². The Balaban J connectivity index is 2.50. The second-order valence-electron chi connectivity index (χ2n) is 4.52. The molecule has 0 saturated heterocycles. The van der Waals surface area contributed by atoms with E-state index in [9.17, 15) is 15.0 Å². The van der Waals surface area contributed by atoms with Gasteiger partial charge in [0, 0.05) is 7.11 Å². The maximum atomic E-state index is 10.3. The lowest BCUT2D eigenvalue weighted by molar-refractivity contribution is -0.153. The Morgan fingerprint density at radius 3 is 2.53 bits per heavy atom. The zero-order valence-electron chi connectivity index (χ0n) is 10.1. The van der Waals surface area contributed by atoms with Crippen LogP contribution < -0.4 is 0 Å². The monoisotopic (exact) mass is 248 g/mol. The van der Waals surface area contributed by atoms with Crippen LogP contribution in [0.25, 0.3) is 0 Å². The van der Waals surface area contributed by atoms with Gasteiger partial charge in [-0.15, -0.1) is 0 Å². The number of carboxylic acid groups (broad SMARTS) is 1. The lowest BCUT2D eigenvalue weighted by atomic mass is 9.76. The van der Waals surface area contributed by atoms with Crippen LogP contribution in [0.4, 0.5) is 0 Å². The van der Waals surface area contributed by atoms with Crippen molar-refractivity contribution in [3.05, 3.63) is 0 Å². The molecule has 0 spiro atoms. The molecule has 0 aromatic carbocycles. The highest BCUT2D eigenvalue weighted by Gasteiger charge is 2.41. The first-order chi connectivity index (χ1) is 7.97. The molecule has 0 bridgehead atoms. The minimum absolute atomic E-state index is 0.0160. The highest BCUT2D eigenvalue weighted by molar-refractivity contribution is 5.67. The molecule has 0 aromatic rings. The number of rotatable bonds is 5. The molecule has 0 heterocycles. The summed E-state index contributed by atoms with van der Waals surface area (Å²) in [5.41, 5.74) is 0. The fourth-order valence-corrected chi connectivity index (χ4v) is 2.22. The summed E-state index contributed by atoms with van der Waals surface area (Å²) in [7, 11) is 1.48. The predicted molar refractivity (Wildman–Crippen MR) is 58.5 cm³/mol. The van der Waals surface area contributed by atoms with Gasteiger partial charge in [-0.1, -0.05) is 6.92 Å². The summed E-state index contributed by atoms with van der Waals surface area (Å²) in [5.74, 6) is -1.18. The summed E-state index contributed by atoms with van der Waals surface area (Å²) in [6, 6.07) is 0. The molecule has 6 heteroatoms. The molecule has 1 aliphatic carbocycles. The van der Waals surface area contributed by atoms with Crippen molar-refractivity contribution in [1.29, 1.82) is 0 Å². The molecule has 0 amide bonds. The minimum Gasteiger partial charge on any atom is -0.480 e. The van der Waals surface area contributed by atoms with E-state index in [0.717, 1.165) is 0 Å². The molecule has 2 unspecified atom stereocenters. The molecular formula is C11H20O6. The lowest BCUT2D eigenvalue weighted by Crippen LogP contribution is -2.51. The molecular weight excluding hydrogens is 228 g/mol. The number of aliphatic carboxylic acids is 1. The van der Waals surface area contributed by atoms with E-state index in [-0.39, 0.29) is 25.0 Å². The van der Waals surface area contributed by atoms with Crippen molar-refractivity contribution in [2.24, 2.45) is 11.8 Å². The van der Waals surface area contributed by atoms with Crippen LogP contribution in [0.15, 0.2) is 0 Å². The largest absolute Gasteiger partial charge is 0.480 e. The van der Waals surface area contributed by atoms with Crippen LogP contribution in [-0.4, -0.2) is 59.9 Å². The molecule has 1 rings (SSSR count). The first-order valence-electron chi connectivity index (χ1n) is 5.65. The third-order valence-corrected chi connectivity index (χ3v) is 3.41. The summed E-state index contributed by atoms with van der Waals surface area (Å²) < 4.78 is 10.1. The number of ether oxygens (including phenoxy) is 2. The molecule has 0 aliphatic heterocycles. The van der Waals surface area contributed by atoms with Gasteiger partial charge in [-0.05, 0) is 18.3 Å². The summed E-state index contributed by atoms with van der Waals surface area (Å²) in [5, 5.41) is 28.0. The van der Waals surface area contributed by atoms with Crippen molar-refractivity contribution in [1.82, 2.24) is 0 Å². The van der Waals surface area contributed by atoms with Crippen LogP contribution in [0, 0.1) is 11.8 Å². The van der Waals surface area contributed by atoms with Crippen molar-refractivity contribution in [3.63, 3.8) is 0 Å². The summed E-state index contributed by atoms with van der Waals surface area (Å²) in [6.45, 7) is 1.71. The van der Waals surface area contributed by atoms with E-state index < -0.39 is 24.3 Å². The fraction of sp³-hybridized carbons (Fsp3) is 0.909. The highest BCUT2D eigenvalue weighted by Crippen LogP contribution is 2.32. The van der Waals surface area contributed by atoms with Gasteiger partial charge in [0.1, 0.15) is 12.7 Å². The van der Waals surface area contributed by atoms with E-state index in [1.165, 1.54) is 7.11 Å². The number of hydrogen-bond acceptors (Lipinski definition) is 5. The van der Waals surface area contributed by atoms with Crippen LogP contribution in [-0.2, 0) is 14.3 Å². The third kappa shape index (κ3) is 3.64. The smallest absolute Gasteiger partial charge is 0.329 e. The van der Waals surface area contributed by atoms with Crippen LogP contribution >= 0.6 is 0 Å². The molecule has 0 aromatic heterocycles. The zero-order valence-corrected chi connectivity index (χ0v) is 10.1. The number of aliphatic hydroxyl groups excluding tert-OH is 2. The van der Waals surface area contributed by atoms with Gasteiger partial charge in [-0.25, -0.2) is 4.79 Å². The molecule has 100 valence electrons. The van der Waals surface area contributed by atoms with Gasteiger partial charge in [-0.3, -0.25) is 0 Å². The molecule has 1 fully saturated rings. The van der Waals surface area contributed by atoms with Crippen LogP contribution in [0.5, 0.6) is 0 Å². The molecule has 1 aliphatic rings. The van der Waals surface area contributed by atoms with Crippen molar-refractivity contribution >= 4 is 5.97 Å². The van der Waals surface area contributed by atoms with Gasteiger partial charge in [0.2, 0.25) is 0 Å². The van der Waals surface area contributed by atoms with Crippen molar-refractivity contribution in [2.45, 2.75) is 31.7 Å². The van der Waals surface area contributed by atoms with Gasteiger partial charge in [0.05, 0.1) is 18.8 Å². The average molecular weight is 248 g/mol. The normalized spacial score (nSPS) is 38.0. The summed E-state index contributed by atoms with van der Waals surface area (Å²) in [4.78, 5) is 10.3. The molecule has 3 N–H and O–H groups in total. The predicted octanol–water partition coefficient (Wildman–Crippen LogP) is -0.520. The number of aliphatic hydroxyl groups is 2. The Morgan fingerprint density at radius 2 is 2.00 bits per heavy atom. The van der Waals surface area contributed by atoms with Gasteiger partial charge in [0.15, 0.2) is 0 Å². The van der Waals surface area contributed by atoms with Gasteiger partial charge in [0.25, 0.3) is 0 Å². The standard InChI is InChI=1S/C11H20O6/c1-6-7(4-17-5-9(12)13)3-8(16-2)11(15)10(6)14/h6-8,10-11,14-15H,3-5H2,1-2H3,(H,12,13)/t6-,7?,8+,10+,11?/m1/s1. The number of carbonyl (C=O) groups is 1. The first-order valence-corrected chi connectivity index (χ1v) is 5.65. The van der Waals surface area contributed by atoms with E-state index in [1.54, 1.807) is 0 Å². The fourth-order valence-electron chi connectivity index (χ4n) is 2.22. The Kier molecular flexibility index (Phi) is 5.32. The molecule has 6 nitrogen and oxygen atoms in total. The van der Waals surface area contributed by atoms with E-state index in [1.807, 2.05) is 6.92 Å². The van der Waals surface area contributed by atoms with Crippen LogP contribution in [0.2, 0.25) is 0 Å². The summed E-state index contributed by atoms with van der Waals surface area (Å²) >= 11 is 0. The lowest BCUT2D eigenvalue weighted by Gasteiger charge is -2.40. The van der Waals surface area contributed by atoms with E-state index >= 15 is 0 Å². The number of hydrogen-bond donors (Lipinski definition) is 3. The van der Waals surface area contributed by atoms with Gasteiger partial charge >= 0.3 is 5.97 Å². The van der Waals surface area contributed by atoms with E-state index in [2.05, 4.69) is 0 Å². The maximum absolute atomic E-state index is 10.3. The highest BCUT2D eigenvalue weighted by atomic mass is 16.5. The Morgan fingerprint density at radius 1 is 1.35 bits per heavy atom. The average Bonchev–Trinajstić information content (AvgIpc) is 2.29. The van der Waals surface area contributed by atoms with E-state index in [4.69, 9.17) is 14.6 Å². The third-order valence-electron chi connectivity index (χ3n) is 3.41. The second kappa shape index (κ2) is 6.30. The quantitative estimate of drug-likeness (QED) is 0.606. The Labute approximate surface area is 100 Å². The molecule has 17 heavy (non-hydrogen) atoms. The number of methoxy groups -OCH3 is 1. The molecule has 1 saturated carbocycles. The Bertz CT molecular complexity index is 254. The SMILES string of the molecule is CO[C@H]1CC(COCC(=O)O)[C@@H](C)[C@H](O)C1O. The van der Waals surface area contributed by atoms with Gasteiger partial charge in [-0.2, -0.15) is 0 Å². The second-order valence-corrected chi connectivity index (χ2v) is 4.52. The zero-order chi connectivity index (χ0) is 13.0. The first kappa shape index (κ1) is 14.4. The van der Waals surface area contributed by atoms with E-state index in [0.29, 0.717) is 6.42 Å². The maximum Gasteiger partial charge on any atom is 0.329 e. The molecule has 0 radical (unpaired) electrons. The van der Waals surface area contributed by atoms with Crippen molar-refractivity contribution < 1.29 is 29.6 Å². The minimum atomic E-state index is -1.02. The van der Waals surface area contributed by atoms with Gasteiger partial charge < -0.3 is 24.8 Å². The van der Waals surface area contributed by atoms with Crippen molar-refractivity contribution in [3.8, 4) is 0 Å².